The van der Waals surface area contributed by atoms with Gasteiger partial charge < -0.3 is 5.11 Å². The second-order valence-corrected chi connectivity index (χ2v) is 3.67. The van der Waals surface area contributed by atoms with Gasteiger partial charge in [-0.3, -0.25) is 4.18 Å². The quantitative estimate of drug-likeness (QED) is 0.351. The molecule has 1 N–H and O–H groups in total. The van der Waals surface area contributed by atoms with Crippen LogP contribution in [-0.2, 0) is 14.3 Å². The van der Waals surface area contributed by atoms with E-state index in [1.807, 2.05) is 0 Å². The van der Waals surface area contributed by atoms with Crippen molar-refractivity contribution >= 4 is 39.7 Å². The Morgan fingerprint density at radius 2 is 2.08 bits per heavy atom. The van der Waals surface area contributed by atoms with E-state index >= 15 is 0 Å². The molecule has 0 aliphatic rings. The summed E-state index contributed by atoms with van der Waals surface area (Å²) in [4.78, 5) is 0. The summed E-state index contributed by atoms with van der Waals surface area (Å²) in [6.45, 7) is 3.16. The summed E-state index contributed by atoms with van der Waals surface area (Å²) in [6.07, 6.45) is 1.57. The first-order valence-corrected chi connectivity index (χ1v) is 4.79. The molecular weight excluding hydrogens is 191 g/mol. The van der Waals surface area contributed by atoms with Crippen molar-refractivity contribution in [3.63, 3.8) is 0 Å². The van der Waals surface area contributed by atoms with Gasteiger partial charge in [-0.2, -0.15) is 8.42 Å². The minimum absolute atomic E-state index is 0. The van der Waals surface area contributed by atoms with Gasteiger partial charge in [0.15, 0.2) is 0 Å². The fourth-order valence-corrected chi connectivity index (χ4v) is 1.36. The summed E-state index contributed by atoms with van der Waals surface area (Å²) in [5.41, 5.74) is 0. The van der Waals surface area contributed by atoms with Gasteiger partial charge in [0.05, 0.1) is 12.4 Å². The zero-order valence-corrected chi connectivity index (χ0v) is 7.01. The van der Waals surface area contributed by atoms with Crippen LogP contribution in [-0.4, -0.2) is 62.0 Å². The third kappa shape index (κ3) is 8.70. The average Bonchev–Trinajstić information content (AvgIpc) is 1.97. The Hall–Kier alpha value is 0.610. The van der Waals surface area contributed by atoms with E-state index in [-0.39, 0.29) is 54.9 Å². The van der Waals surface area contributed by atoms with Crippen LogP contribution in [0, 0.1) is 0 Å². The molecule has 0 bridgehead atoms. The van der Waals surface area contributed by atoms with Crippen molar-refractivity contribution in [1.82, 2.24) is 0 Å². The monoisotopic (exact) mass is 204 g/mol. The third-order valence-electron chi connectivity index (χ3n) is 0.918. The van der Waals surface area contributed by atoms with Gasteiger partial charge in [0.2, 0.25) is 0 Å². The van der Waals surface area contributed by atoms with Crippen molar-refractivity contribution in [2.75, 3.05) is 19.0 Å². The van der Waals surface area contributed by atoms with Crippen LogP contribution in [0.5, 0.6) is 0 Å². The Labute approximate surface area is 95.0 Å². The zero-order chi connectivity index (χ0) is 8.74. The predicted molar refractivity (Wildman–Crippen MR) is 48.8 cm³/mol. The van der Waals surface area contributed by atoms with Crippen molar-refractivity contribution in [1.29, 1.82) is 0 Å². The molecule has 0 atom stereocenters. The molecule has 4 nitrogen and oxygen atoms in total. The Morgan fingerprint density at radius 3 is 2.50 bits per heavy atom. The topological polar surface area (TPSA) is 63.6 Å². The molecule has 0 heterocycles. The summed E-state index contributed by atoms with van der Waals surface area (Å²) in [6, 6.07) is 0. The van der Waals surface area contributed by atoms with Crippen molar-refractivity contribution < 1.29 is 17.7 Å². The van der Waals surface area contributed by atoms with Crippen LogP contribution in [0.15, 0.2) is 12.7 Å². The van der Waals surface area contributed by atoms with Gasteiger partial charge in [0.25, 0.3) is 10.1 Å². The van der Waals surface area contributed by atoms with Crippen LogP contribution in [0.2, 0.25) is 0 Å². The molecule has 0 unspecified atom stereocenters. The fraction of sp³-hybridized carbons (Fsp3) is 0.667. The summed E-state index contributed by atoms with van der Waals surface area (Å²) >= 11 is 0. The Bertz CT molecular complexity index is 200. The van der Waals surface area contributed by atoms with E-state index in [0.717, 1.165) is 0 Å². The van der Waals surface area contributed by atoms with Crippen LogP contribution < -0.4 is 0 Å². The summed E-state index contributed by atoms with van der Waals surface area (Å²) in [5, 5.41) is 8.31. The Kier molecular flexibility index (Phi) is 10.3. The van der Waals surface area contributed by atoms with Crippen LogP contribution in [0.4, 0.5) is 0 Å². The maximum absolute atomic E-state index is 10.8. The second-order valence-electron chi connectivity index (χ2n) is 1.91. The number of aliphatic hydroxyl groups excluding tert-OH is 1. The molecule has 0 aliphatic carbocycles. The first-order valence-electron chi connectivity index (χ1n) is 3.21. The van der Waals surface area contributed by atoms with Gasteiger partial charge in [-0.25, -0.2) is 0 Å². The number of aliphatic hydroxyl groups is 1. The van der Waals surface area contributed by atoms with E-state index < -0.39 is 10.1 Å². The van der Waals surface area contributed by atoms with E-state index in [9.17, 15) is 8.42 Å². The molecule has 0 spiro atoms. The van der Waals surface area contributed by atoms with Gasteiger partial charge in [0, 0.05) is 6.61 Å². The molecule has 0 saturated carbocycles. The first-order chi connectivity index (χ1) is 5.12. The van der Waals surface area contributed by atoms with E-state index in [1.165, 1.54) is 6.08 Å². The molecule has 0 radical (unpaired) electrons. The van der Waals surface area contributed by atoms with E-state index in [1.54, 1.807) is 0 Å². The zero-order valence-electron chi connectivity index (χ0n) is 6.19. The molecule has 0 amide bonds. The van der Waals surface area contributed by atoms with E-state index in [4.69, 9.17) is 5.11 Å². The van der Waals surface area contributed by atoms with Crippen LogP contribution in [0.3, 0.4) is 0 Å². The molecule has 12 heavy (non-hydrogen) atoms. The molecule has 6 heteroatoms. The average molecular weight is 204 g/mol. The summed E-state index contributed by atoms with van der Waals surface area (Å²) in [5.74, 6) is -0.142. The third-order valence-corrected chi connectivity index (χ3v) is 2.20. The second kappa shape index (κ2) is 8.22. The molecular formula is C6H13NaO4S. The Balaban J connectivity index is 0. The minimum atomic E-state index is -3.44. The SMILES string of the molecule is C=CCOS(=O)(=O)CCCO.[NaH]. The number of hydrogen-bond acceptors (Lipinski definition) is 4. The van der Waals surface area contributed by atoms with Gasteiger partial charge >= 0.3 is 29.6 Å². The molecule has 0 aromatic rings. The molecule has 0 aromatic carbocycles. The Morgan fingerprint density at radius 1 is 1.50 bits per heavy atom. The van der Waals surface area contributed by atoms with Crippen molar-refractivity contribution in [3.8, 4) is 0 Å². The summed E-state index contributed by atoms with van der Waals surface area (Å²) in [7, 11) is -3.44. The van der Waals surface area contributed by atoms with Crippen molar-refractivity contribution in [2.24, 2.45) is 0 Å². The van der Waals surface area contributed by atoms with Crippen LogP contribution in [0.25, 0.3) is 0 Å². The predicted octanol–water partition coefficient (Wildman–Crippen LogP) is -0.747. The van der Waals surface area contributed by atoms with Crippen molar-refractivity contribution in [2.45, 2.75) is 6.42 Å². The van der Waals surface area contributed by atoms with Crippen LogP contribution >= 0.6 is 0 Å². The molecule has 0 aliphatic heterocycles. The van der Waals surface area contributed by atoms with Gasteiger partial charge in [-0.1, -0.05) is 6.08 Å². The molecule has 0 aromatic heterocycles. The molecule has 0 fully saturated rings. The number of rotatable bonds is 6. The standard InChI is InChI=1S/C6H12O4S.Na.H/c1-2-5-10-11(8,9)6-3-4-7;;/h2,7H,1,3-6H2;;. The van der Waals surface area contributed by atoms with Gasteiger partial charge in [-0.15, -0.1) is 6.58 Å². The molecule has 68 valence electrons. The molecule has 0 rings (SSSR count). The van der Waals surface area contributed by atoms with E-state index in [2.05, 4.69) is 10.8 Å². The normalized spacial score (nSPS) is 10.4. The maximum atomic E-state index is 10.8. The van der Waals surface area contributed by atoms with Gasteiger partial charge in [0.1, 0.15) is 0 Å². The number of hydrogen-bond donors (Lipinski definition) is 1. The van der Waals surface area contributed by atoms with Gasteiger partial charge in [-0.05, 0) is 6.42 Å². The first kappa shape index (κ1) is 15.1. The summed E-state index contributed by atoms with van der Waals surface area (Å²) < 4.78 is 26.0. The molecule has 0 saturated heterocycles. The van der Waals surface area contributed by atoms with Crippen molar-refractivity contribution in [3.05, 3.63) is 12.7 Å². The van der Waals surface area contributed by atoms with Crippen LogP contribution in [0.1, 0.15) is 6.42 Å². The fourth-order valence-electron chi connectivity index (χ4n) is 0.452. The van der Waals surface area contributed by atoms with E-state index in [0.29, 0.717) is 0 Å².